The smallest absolute Gasteiger partial charge is 0.260 e. The van der Waals surface area contributed by atoms with Crippen molar-refractivity contribution in [1.82, 2.24) is 10.2 Å². The van der Waals surface area contributed by atoms with Crippen molar-refractivity contribution in [2.45, 2.75) is 31.6 Å². The molecule has 2 unspecified atom stereocenters. The molecule has 0 saturated carbocycles. The molecule has 1 aromatic rings. The highest BCUT2D eigenvalue weighted by molar-refractivity contribution is 5.94. The number of aliphatic hydroxyl groups excluding tert-OH is 2. The number of benzene rings is 1. The van der Waals surface area contributed by atoms with Crippen molar-refractivity contribution in [3.8, 4) is 5.75 Å². The van der Waals surface area contributed by atoms with Gasteiger partial charge in [-0.15, -0.1) is 0 Å². The molecule has 1 saturated heterocycles. The number of nitrogens with two attached hydrogens (primary N) is 1. The van der Waals surface area contributed by atoms with Gasteiger partial charge in [0, 0.05) is 31.8 Å². The van der Waals surface area contributed by atoms with E-state index in [-0.39, 0.29) is 31.5 Å². The van der Waals surface area contributed by atoms with Crippen LogP contribution < -0.4 is 15.8 Å². The van der Waals surface area contributed by atoms with Gasteiger partial charge in [-0.1, -0.05) is 29.9 Å². The summed E-state index contributed by atoms with van der Waals surface area (Å²) in [6, 6.07) is 7.12. The number of aliphatic hydroxyl groups is 2. The van der Waals surface area contributed by atoms with Gasteiger partial charge >= 0.3 is 0 Å². The monoisotopic (exact) mass is 401 g/mol. The molecule has 1 aliphatic carbocycles. The molecule has 1 heterocycles. The second-order valence-electron chi connectivity index (χ2n) is 7.27. The number of likely N-dealkylation sites (tertiary alicyclic amines) is 1. The van der Waals surface area contributed by atoms with Crippen molar-refractivity contribution < 1.29 is 24.5 Å². The second kappa shape index (κ2) is 9.69. The van der Waals surface area contributed by atoms with Crippen molar-refractivity contribution in [3.05, 3.63) is 53.1 Å². The highest BCUT2D eigenvalue weighted by Gasteiger charge is 2.32. The fourth-order valence-corrected chi connectivity index (χ4v) is 3.25. The molecule has 2 amide bonds. The number of carbonyl (C=O) groups excluding carboxylic acids is 2. The summed E-state index contributed by atoms with van der Waals surface area (Å²) in [5.41, 5.74) is 8.41. The van der Waals surface area contributed by atoms with Crippen LogP contribution in [0.25, 0.3) is 0 Å². The van der Waals surface area contributed by atoms with Crippen LogP contribution in [0.15, 0.2) is 47.6 Å². The van der Waals surface area contributed by atoms with Crippen LogP contribution in [0.2, 0.25) is 0 Å². The number of β-amino-alcohol motifs (C(OH)–C–C–N with tert-alkyl or cyclic N) is 2. The second-order valence-corrected chi connectivity index (χ2v) is 7.27. The summed E-state index contributed by atoms with van der Waals surface area (Å²) >= 11 is 0. The molecule has 2 aliphatic rings. The van der Waals surface area contributed by atoms with E-state index in [9.17, 15) is 19.8 Å². The van der Waals surface area contributed by atoms with E-state index in [2.05, 4.69) is 5.32 Å². The molecule has 1 fully saturated rings. The van der Waals surface area contributed by atoms with Gasteiger partial charge in [0.1, 0.15) is 5.75 Å². The Morgan fingerprint density at radius 2 is 1.79 bits per heavy atom. The van der Waals surface area contributed by atoms with Crippen LogP contribution in [0.1, 0.15) is 18.4 Å². The number of amides is 2. The first kappa shape index (κ1) is 21.0. The van der Waals surface area contributed by atoms with Gasteiger partial charge in [-0.05, 0) is 30.5 Å². The Hall–Kier alpha value is -2.68. The van der Waals surface area contributed by atoms with E-state index in [4.69, 9.17) is 10.5 Å². The summed E-state index contributed by atoms with van der Waals surface area (Å²) < 4.78 is 5.48. The van der Waals surface area contributed by atoms with E-state index in [0.29, 0.717) is 25.3 Å². The van der Waals surface area contributed by atoms with Gasteiger partial charge in [-0.25, -0.2) is 0 Å². The molecule has 1 aliphatic heterocycles. The minimum Gasteiger partial charge on any atom is -0.484 e. The third-order valence-electron chi connectivity index (χ3n) is 5.14. The lowest BCUT2D eigenvalue weighted by molar-refractivity contribution is -0.132. The van der Waals surface area contributed by atoms with Crippen molar-refractivity contribution in [2.75, 3.05) is 26.2 Å². The predicted octanol–water partition coefficient (Wildman–Crippen LogP) is -0.149. The maximum Gasteiger partial charge on any atom is 0.260 e. The van der Waals surface area contributed by atoms with Crippen molar-refractivity contribution in [2.24, 2.45) is 5.73 Å². The standard InChI is InChI=1S/C21H27N3O5/c22-9-14-1-5-16(6-2-14)21(28)23-10-15-3-7-17(8-4-15)29-13-20(27)24-11-18(25)19(26)12-24/h1,3-5,7-8,18-19,25-26H,2,6,9-13,22H2,(H,23,28). The number of nitrogens with zero attached hydrogens (tertiary/aromatic N) is 1. The van der Waals surface area contributed by atoms with Gasteiger partial charge in [0.05, 0.1) is 12.2 Å². The first-order valence-electron chi connectivity index (χ1n) is 9.68. The van der Waals surface area contributed by atoms with E-state index >= 15 is 0 Å². The molecule has 5 N–H and O–H groups in total. The van der Waals surface area contributed by atoms with Crippen LogP contribution in [0.4, 0.5) is 0 Å². The molecule has 156 valence electrons. The van der Waals surface area contributed by atoms with Gasteiger partial charge in [0.2, 0.25) is 5.91 Å². The molecule has 3 rings (SSSR count). The number of carbonyl (C=O) groups is 2. The number of hydrogen-bond donors (Lipinski definition) is 4. The fourth-order valence-electron chi connectivity index (χ4n) is 3.25. The Bertz CT molecular complexity index is 793. The highest BCUT2D eigenvalue weighted by atomic mass is 16.5. The lowest BCUT2D eigenvalue weighted by atomic mass is 9.98. The normalized spacial score (nSPS) is 21.4. The number of rotatable bonds is 7. The molecule has 0 aromatic heterocycles. The lowest BCUT2D eigenvalue weighted by Crippen LogP contribution is -2.33. The number of hydrogen-bond acceptors (Lipinski definition) is 6. The Labute approximate surface area is 169 Å². The lowest BCUT2D eigenvalue weighted by Gasteiger charge is -2.16. The maximum absolute atomic E-state index is 12.2. The number of ether oxygens (including phenoxy) is 1. The van der Waals surface area contributed by atoms with E-state index < -0.39 is 12.2 Å². The third-order valence-corrected chi connectivity index (χ3v) is 5.14. The van der Waals surface area contributed by atoms with Crippen molar-refractivity contribution in [3.63, 3.8) is 0 Å². The Morgan fingerprint density at radius 3 is 2.38 bits per heavy atom. The van der Waals surface area contributed by atoms with Crippen molar-refractivity contribution in [1.29, 1.82) is 0 Å². The van der Waals surface area contributed by atoms with Crippen LogP contribution in [0.5, 0.6) is 5.75 Å². The average Bonchev–Trinajstić information content (AvgIpc) is 3.09. The van der Waals surface area contributed by atoms with Crippen LogP contribution >= 0.6 is 0 Å². The molecule has 2 atom stereocenters. The highest BCUT2D eigenvalue weighted by Crippen LogP contribution is 2.18. The van der Waals surface area contributed by atoms with Gasteiger partial charge in [-0.2, -0.15) is 0 Å². The predicted molar refractivity (Wildman–Crippen MR) is 107 cm³/mol. The first-order valence-corrected chi connectivity index (χ1v) is 9.68. The molecule has 8 heteroatoms. The molecular formula is C21H27N3O5. The van der Waals surface area contributed by atoms with Crippen LogP contribution in [0.3, 0.4) is 0 Å². The molecule has 0 bridgehead atoms. The SMILES string of the molecule is NCC1=CC=C(C(=O)NCc2ccc(OCC(=O)N3CC(O)C(O)C3)cc2)CC1. The summed E-state index contributed by atoms with van der Waals surface area (Å²) in [5, 5.41) is 21.9. The van der Waals surface area contributed by atoms with Gasteiger partial charge in [-0.3, -0.25) is 9.59 Å². The first-order chi connectivity index (χ1) is 14.0. The molecule has 29 heavy (non-hydrogen) atoms. The quantitative estimate of drug-likeness (QED) is 0.504. The van der Waals surface area contributed by atoms with E-state index in [0.717, 1.165) is 23.1 Å². The zero-order chi connectivity index (χ0) is 20.8. The molecule has 0 spiro atoms. The van der Waals surface area contributed by atoms with Crippen LogP contribution in [-0.4, -0.2) is 65.4 Å². The Kier molecular flexibility index (Phi) is 7.03. The van der Waals surface area contributed by atoms with Gasteiger partial charge in [0.15, 0.2) is 6.61 Å². The molecule has 1 aromatic carbocycles. The fraction of sp³-hybridized carbons (Fsp3) is 0.429. The molecule has 8 nitrogen and oxygen atoms in total. The van der Waals surface area contributed by atoms with Crippen LogP contribution in [-0.2, 0) is 16.1 Å². The third kappa shape index (κ3) is 5.66. The van der Waals surface area contributed by atoms with Gasteiger partial charge < -0.3 is 30.9 Å². The van der Waals surface area contributed by atoms with Gasteiger partial charge in [0.25, 0.3) is 5.91 Å². The number of nitrogens with one attached hydrogen (secondary N) is 1. The van der Waals surface area contributed by atoms with Crippen LogP contribution in [0, 0.1) is 0 Å². The Balaban J connectivity index is 1.43. The van der Waals surface area contributed by atoms with E-state index in [1.165, 1.54) is 4.90 Å². The summed E-state index contributed by atoms with van der Waals surface area (Å²) in [6.45, 7) is 0.977. The van der Waals surface area contributed by atoms with E-state index in [1.807, 2.05) is 24.3 Å². The molecular weight excluding hydrogens is 374 g/mol. The largest absolute Gasteiger partial charge is 0.484 e. The molecule has 0 radical (unpaired) electrons. The summed E-state index contributed by atoms with van der Waals surface area (Å²) in [7, 11) is 0. The zero-order valence-corrected chi connectivity index (χ0v) is 16.2. The Morgan fingerprint density at radius 1 is 1.10 bits per heavy atom. The van der Waals surface area contributed by atoms with Crippen molar-refractivity contribution >= 4 is 11.8 Å². The maximum atomic E-state index is 12.2. The summed E-state index contributed by atoms with van der Waals surface area (Å²) in [4.78, 5) is 25.7. The minimum absolute atomic E-state index is 0.0850. The zero-order valence-electron chi connectivity index (χ0n) is 16.2. The summed E-state index contributed by atoms with van der Waals surface area (Å²) in [6.07, 6.45) is 3.44. The topological polar surface area (TPSA) is 125 Å². The average molecular weight is 401 g/mol. The van der Waals surface area contributed by atoms with E-state index in [1.54, 1.807) is 12.1 Å². The summed E-state index contributed by atoms with van der Waals surface area (Å²) in [5.74, 6) is 0.158. The number of allylic oxidation sites excluding steroid dienone is 2. The minimum atomic E-state index is -0.906.